The molecule has 4 nitrogen and oxygen atoms in total. The number of hydrogen-bond acceptors (Lipinski definition) is 3. The van der Waals surface area contributed by atoms with E-state index in [1.807, 2.05) is 0 Å². The van der Waals surface area contributed by atoms with E-state index in [1.165, 1.54) is 12.7 Å². The molecule has 5 heteroatoms. The fraction of sp³-hybridized carbons (Fsp3) is 1.00. The van der Waals surface area contributed by atoms with E-state index in [4.69, 9.17) is 0 Å². The molecule has 2 rings (SSSR count). The Morgan fingerprint density at radius 2 is 1.80 bits per heavy atom. The molecule has 0 spiro atoms. The zero-order valence-corrected chi connectivity index (χ0v) is 10.1. The highest BCUT2D eigenvalue weighted by Crippen LogP contribution is 2.29. The van der Waals surface area contributed by atoms with Gasteiger partial charge in [0.1, 0.15) is 0 Å². The monoisotopic (exact) mass is 232 g/mol. The van der Waals surface area contributed by atoms with Gasteiger partial charge in [-0.3, -0.25) is 0 Å². The third-order valence-corrected chi connectivity index (χ3v) is 5.04. The standard InChI is InChI=1S/C10H20N2O2S/c1-15(13,14)12-6-3-9(4-7-12)10-2-5-11-8-10/h9-11H,2-8H2,1H3. The molecule has 15 heavy (non-hydrogen) atoms. The molecule has 88 valence electrons. The molecule has 0 bridgehead atoms. The lowest BCUT2D eigenvalue weighted by atomic mass is 9.84. The Hall–Kier alpha value is -0.130. The molecule has 0 radical (unpaired) electrons. The van der Waals surface area contributed by atoms with Crippen LogP contribution in [0.3, 0.4) is 0 Å². The van der Waals surface area contributed by atoms with Crippen LogP contribution in [0.25, 0.3) is 0 Å². The fourth-order valence-corrected chi connectivity index (χ4v) is 3.63. The summed E-state index contributed by atoms with van der Waals surface area (Å²) in [5, 5.41) is 3.38. The minimum Gasteiger partial charge on any atom is -0.316 e. The van der Waals surface area contributed by atoms with Crippen LogP contribution in [0.4, 0.5) is 0 Å². The van der Waals surface area contributed by atoms with Gasteiger partial charge in [-0.1, -0.05) is 0 Å². The van der Waals surface area contributed by atoms with Crippen molar-refractivity contribution in [2.24, 2.45) is 11.8 Å². The van der Waals surface area contributed by atoms with Gasteiger partial charge in [0.05, 0.1) is 6.26 Å². The summed E-state index contributed by atoms with van der Waals surface area (Å²) >= 11 is 0. The van der Waals surface area contributed by atoms with Gasteiger partial charge in [-0.2, -0.15) is 0 Å². The molecule has 1 unspecified atom stereocenters. The lowest BCUT2D eigenvalue weighted by molar-refractivity contribution is 0.217. The fourth-order valence-electron chi connectivity index (χ4n) is 2.76. The summed E-state index contributed by atoms with van der Waals surface area (Å²) in [5.41, 5.74) is 0. The third kappa shape index (κ3) is 2.71. The van der Waals surface area contributed by atoms with E-state index in [0.717, 1.165) is 50.9 Å². The predicted molar refractivity (Wildman–Crippen MR) is 60.1 cm³/mol. The highest BCUT2D eigenvalue weighted by molar-refractivity contribution is 7.88. The van der Waals surface area contributed by atoms with Crippen molar-refractivity contribution in [1.29, 1.82) is 0 Å². The van der Waals surface area contributed by atoms with E-state index >= 15 is 0 Å². The van der Waals surface area contributed by atoms with Crippen molar-refractivity contribution < 1.29 is 8.42 Å². The number of nitrogens with one attached hydrogen (secondary N) is 1. The van der Waals surface area contributed by atoms with Crippen molar-refractivity contribution in [1.82, 2.24) is 9.62 Å². The van der Waals surface area contributed by atoms with Crippen LogP contribution < -0.4 is 5.32 Å². The molecular formula is C10H20N2O2S. The molecule has 0 aliphatic carbocycles. The third-order valence-electron chi connectivity index (χ3n) is 3.73. The predicted octanol–water partition coefficient (Wildman–Crippen LogP) is 0.267. The Morgan fingerprint density at radius 3 is 2.27 bits per heavy atom. The Morgan fingerprint density at radius 1 is 1.13 bits per heavy atom. The molecule has 2 aliphatic heterocycles. The van der Waals surface area contributed by atoms with Crippen LogP contribution in [0.1, 0.15) is 19.3 Å². The van der Waals surface area contributed by atoms with Gasteiger partial charge in [0, 0.05) is 13.1 Å². The summed E-state index contributed by atoms with van der Waals surface area (Å²) < 4.78 is 24.3. The van der Waals surface area contributed by atoms with E-state index in [2.05, 4.69) is 5.32 Å². The van der Waals surface area contributed by atoms with Crippen molar-refractivity contribution in [3.63, 3.8) is 0 Å². The van der Waals surface area contributed by atoms with Crippen molar-refractivity contribution in [3.05, 3.63) is 0 Å². The lowest BCUT2D eigenvalue weighted by Gasteiger charge is -2.33. The van der Waals surface area contributed by atoms with E-state index in [-0.39, 0.29) is 0 Å². The zero-order chi connectivity index (χ0) is 10.9. The average molecular weight is 232 g/mol. The van der Waals surface area contributed by atoms with Gasteiger partial charge in [0.25, 0.3) is 0 Å². The van der Waals surface area contributed by atoms with Gasteiger partial charge in [0.2, 0.25) is 10.0 Å². The Labute approximate surface area is 92.1 Å². The minimum atomic E-state index is -2.96. The Balaban J connectivity index is 1.86. The van der Waals surface area contributed by atoms with Crippen molar-refractivity contribution >= 4 is 10.0 Å². The highest BCUT2D eigenvalue weighted by Gasteiger charge is 2.30. The molecular weight excluding hydrogens is 212 g/mol. The van der Waals surface area contributed by atoms with Gasteiger partial charge < -0.3 is 5.32 Å². The first-order chi connectivity index (χ1) is 7.07. The quantitative estimate of drug-likeness (QED) is 0.743. The summed E-state index contributed by atoms with van der Waals surface area (Å²) in [7, 11) is -2.96. The number of nitrogens with zero attached hydrogens (tertiary/aromatic N) is 1. The molecule has 2 aliphatic rings. The normalized spacial score (nSPS) is 30.9. The maximum absolute atomic E-state index is 11.3. The zero-order valence-electron chi connectivity index (χ0n) is 9.28. The number of piperidine rings is 1. The molecule has 2 heterocycles. The van der Waals surface area contributed by atoms with Crippen LogP contribution >= 0.6 is 0 Å². The first kappa shape index (κ1) is 11.4. The maximum atomic E-state index is 11.3. The van der Waals surface area contributed by atoms with Crippen LogP contribution in [0, 0.1) is 11.8 Å². The molecule has 0 aromatic heterocycles. The van der Waals surface area contributed by atoms with Crippen molar-refractivity contribution in [3.8, 4) is 0 Å². The molecule has 0 amide bonds. The minimum absolute atomic E-state index is 0.722. The van der Waals surface area contributed by atoms with Crippen LogP contribution in [-0.2, 0) is 10.0 Å². The Bertz CT molecular complexity index is 301. The average Bonchev–Trinajstić information content (AvgIpc) is 2.69. The topological polar surface area (TPSA) is 49.4 Å². The number of sulfonamides is 1. The molecule has 0 aromatic rings. The van der Waals surface area contributed by atoms with Crippen LogP contribution in [0.15, 0.2) is 0 Å². The maximum Gasteiger partial charge on any atom is 0.211 e. The molecule has 1 N–H and O–H groups in total. The summed E-state index contributed by atoms with van der Waals surface area (Å²) in [6, 6.07) is 0. The summed E-state index contributed by atoms with van der Waals surface area (Å²) in [6.07, 6.45) is 4.66. The smallest absolute Gasteiger partial charge is 0.211 e. The van der Waals surface area contributed by atoms with E-state index in [0.29, 0.717) is 0 Å². The molecule has 1 atom stereocenters. The molecule has 0 aromatic carbocycles. The second-order valence-corrected chi connectivity index (χ2v) is 6.73. The van der Waals surface area contributed by atoms with Gasteiger partial charge >= 0.3 is 0 Å². The first-order valence-corrected chi connectivity index (χ1v) is 7.58. The first-order valence-electron chi connectivity index (χ1n) is 5.73. The van der Waals surface area contributed by atoms with E-state index < -0.39 is 10.0 Å². The van der Waals surface area contributed by atoms with Gasteiger partial charge in [-0.25, -0.2) is 12.7 Å². The molecule has 2 saturated heterocycles. The van der Waals surface area contributed by atoms with E-state index in [9.17, 15) is 8.42 Å². The SMILES string of the molecule is CS(=O)(=O)N1CCC(C2CCNC2)CC1. The van der Waals surface area contributed by atoms with E-state index in [1.54, 1.807) is 4.31 Å². The largest absolute Gasteiger partial charge is 0.316 e. The van der Waals surface area contributed by atoms with Crippen LogP contribution in [-0.4, -0.2) is 45.2 Å². The summed E-state index contributed by atoms with van der Waals surface area (Å²) in [5.74, 6) is 1.52. The van der Waals surface area contributed by atoms with Crippen LogP contribution in [0.5, 0.6) is 0 Å². The number of rotatable bonds is 2. The van der Waals surface area contributed by atoms with Crippen molar-refractivity contribution in [2.75, 3.05) is 32.4 Å². The van der Waals surface area contributed by atoms with Gasteiger partial charge in [0.15, 0.2) is 0 Å². The molecule has 2 fully saturated rings. The summed E-state index contributed by atoms with van der Waals surface area (Å²) in [4.78, 5) is 0. The second kappa shape index (κ2) is 4.39. The lowest BCUT2D eigenvalue weighted by Crippen LogP contribution is -2.39. The second-order valence-electron chi connectivity index (χ2n) is 4.75. The highest BCUT2D eigenvalue weighted by atomic mass is 32.2. The van der Waals surface area contributed by atoms with Crippen LogP contribution in [0.2, 0.25) is 0 Å². The Kier molecular flexibility index (Phi) is 3.33. The number of hydrogen-bond donors (Lipinski definition) is 1. The van der Waals surface area contributed by atoms with Gasteiger partial charge in [-0.15, -0.1) is 0 Å². The van der Waals surface area contributed by atoms with Gasteiger partial charge in [-0.05, 0) is 44.2 Å². The summed E-state index contributed by atoms with van der Waals surface area (Å²) in [6.45, 7) is 3.71. The molecule has 0 saturated carbocycles. The van der Waals surface area contributed by atoms with Crippen molar-refractivity contribution in [2.45, 2.75) is 19.3 Å².